The van der Waals surface area contributed by atoms with E-state index in [1.54, 1.807) is 46.8 Å². The highest BCUT2D eigenvalue weighted by Gasteiger charge is 2.33. The van der Waals surface area contributed by atoms with Gasteiger partial charge >= 0.3 is 6.03 Å². The minimum Gasteiger partial charge on any atom is -0.612 e. The Labute approximate surface area is 160 Å². The third-order valence-corrected chi connectivity index (χ3v) is 5.32. The lowest BCUT2D eigenvalue weighted by Gasteiger charge is -2.36. The molecule has 1 aromatic carbocycles. The molecule has 1 unspecified atom stereocenters. The zero-order valence-electron chi connectivity index (χ0n) is 14.8. The highest BCUT2D eigenvalue weighted by atomic mass is 32.2. The second-order valence-corrected chi connectivity index (χ2v) is 7.65. The number of rotatable bonds is 4. The topological polar surface area (TPSA) is 72.4 Å². The van der Waals surface area contributed by atoms with Gasteiger partial charge in [0, 0.05) is 36.8 Å². The molecule has 136 valence electrons. The van der Waals surface area contributed by atoms with Gasteiger partial charge in [-0.3, -0.25) is 4.98 Å². The Morgan fingerprint density at radius 1 is 1.15 bits per heavy atom. The van der Waals surface area contributed by atoms with Gasteiger partial charge in [-0.1, -0.05) is 18.2 Å². The van der Waals surface area contributed by atoms with Gasteiger partial charge in [0.2, 0.25) is 0 Å². The Balaban J connectivity index is 1.75. The molecule has 0 spiro atoms. The van der Waals surface area contributed by atoms with E-state index in [-0.39, 0.29) is 6.03 Å². The number of urea groups is 1. The van der Waals surface area contributed by atoms with Crippen LogP contribution < -0.4 is 4.90 Å². The summed E-state index contributed by atoms with van der Waals surface area (Å²) in [4.78, 5) is 25.9. The highest BCUT2D eigenvalue weighted by molar-refractivity contribution is 7.90. The number of hydrogen-bond acceptors (Lipinski definition) is 4. The first-order valence-corrected chi connectivity index (χ1v) is 10.0. The van der Waals surface area contributed by atoms with Crippen molar-refractivity contribution in [2.24, 2.45) is 0 Å². The van der Waals surface area contributed by atoms with Crippen LogP contribution in [0.25, 0.3) is 0 Å². The molecule has 2 aromatic heterocycles. The smallest absolute Gasteiger partial charge is 0.330 e. The molecule has 1 atom stereocenters. The molecule has 0 saturated heterocycles. The van der Waals surface area contributed by atoms with Gasteiger partial charge in [-0.15, -0.1) is 0 Å². The molecule has 4 rings (SSSR count). The predicted octanol–water partition coefficient (Wildman–Crippen LogP) is 3.49. The number of pyridine rings is 2. The van der Waals surface area contributed by atoms with E-state index in [9.17, 15) is 9.35 Å². The van der Waals surface area contributed by atoms with E-state index in [2.05, 4.69) is 9.97 Å². The van der Waals surface area contributed by atoms with E-state index in [0.717, 1.165) is 11.1 Å². The van der Waals surface area contributed by atoms with E-state index in [1.165, 1.54) is 0 Å². The molecule has 0 radical (unpaired) electrons. The number of amides is 2. The second kappa shape index (κ2) is 7.38. The maximum absolute atomic E-state index is 13.3. The molecule has 2 amide bonds. The predicted molar refractivity (Wildman–Crippen MR) is 104 cm³/mol. The van der Waals surface area contributed by atoms with Crippen LogP contribution in [0, 0.1) is 0 Å². The zero-order valence-corrected chi connectivity index (χ0v) is 15.6. The molecule has 3 heterocycles. The van der Waals surface area contributed by atoms with Crippen LogP contribution in [0.5, 0.6) is 0 Å². The van der Waals surface area contributed by atoms with Crippen molar-refractivity contribution in [1.82, 2.24) is 14.9 Å². The van der Waals surface area contributed by atoms with Crippen LogP contribution in [0.4, 0.5) is 16.3 Å². The summed E-state index contributed by atoms with van der Waals surface area (Å²) in [6.07, 6.45) is 6.77. The first kappa shape index (κ1) is 17.5. The number of carbonyl (C=O) groups is 1. The Kier molecular flexibility index (Phi) is 4.79. The summed E-state index contributed by atoms with van der Waals surface area (Å²) in [6.45, 7) is 0.934. The summed E-state index contributed by atoms with van der Waals surface area (Å²) in [5.41, 5.74) is 2.58. The average molecular weight is 378 g/mol. The summed E-state index contributed by atoms with van der Waals surface area (Å²) in [7, 11) is 0. The lowest BCUT2D eigenvalue weighted by Crippen LogP contribution is -2.44. The molecular weight excluding hydrogens is 360 g/mol. The maximum Gasteiger partial charge on any atom is 0.330 e. The maximum atomic E-state index is 13.3. The van der Waals surface area contributed by atoms with Gasteiger partial charge in [-0.2, -0.15) is 0 Å². The van der Waals surface area contributed by atoms with Crippen LogP contribution in [0.3, 0.4) is 0 Å². The minimum absolute atomic E-state index is 0.163. The Morgan fingerprint density at radius 3 is 2.78 bits per heavy atom. The van der Waals surface area contributed by atoms with E-state index >= 15 is 0 Å². The van der Waals surface area contributed by atoms with Crippen LogP contribution in [-0.2, 0) is 24.3 Å². The molecule has 0 fully saturated rings. The fraction of sp³-hybridized carbons (Fsp3) is 0.150. The van der Waals surface area contributed by atoms with Crippen molar-refractivity contribution in [2.75, 3.05) is 11.2 Å². The molecule has 27 heavy (non-hydrogen) atoms. The second-order valence-electron chi connectivity index (χ2n) is 6.27. The SMILES string of the molecule is C[S+]([O-])c1cccc(N2C(=O)N(Cc3cccnc3)Cc3cccnc32)c1. The van der Waals surface area contributed by atoms with Gasteiger partial charge in [0.25, 0.3) is 0 Å². The number of aromatic nitrogens is 2. The van der Waals surface area contributed by atoms with Crippen molar-refractivity contribution in [1.29, 1.82) is 0 Å². The monoisotopic (exact) mass is 378 g/mol. The third-order valence-electron chi connectivity index (χ3n) is 4.41. The summed E-state index contributed by atoms with van der Waals surface area (Å²) in [5.74, 6) is 0.615. The Hall–Kier alpha value is -2.90. The first-order valence-electron chi connectivity index (χ1n) is 8.49. The minimum atomic E-state index is -1.13. The van der Waals surface area contributed by atoms with Crippen molar-refractivity contribution in [3.63, 3.8) is 0 Å². The van der Waals surface area contributed by atoms with Crippen molar-refractivity contribution < 1.29 is 9.35 Å². The molecule has 0 saturated carbocycles. The molecule has 7 heteroatoms. The van der Waals surface area contributed by atoms with E-state index < -0.39 is 11.2 Å². The van der Waals surface area contributed by atoms with Gasteiger partial charge in [0.05, 0.1) is 12.2 Å². The van der Waals surface area contributed by atoms with Crippen molar-refractivity contribution in [3.05, 3.63) is 78.2 Å². The molecule has 0 N–H and O–H groups in total. The quantitative estimate of drug-likeness (QED) is 0.652. The Bertz CT molecular complexity index is 965. The van der Waals surface area contributed by atoms with Gasteiger partial charge in [-0.25, -0.2) is 14.7 Å². The molecule has 6 nitrogen and oxygen atoms in total. The van der Waals surface area contributed by atoms with Gasteiger partial charge in [-0.05, 0) is 41.0 Å². The van der Waals surface area contributed by atoms with Crippen LogP contribution in [0.1, 0.15) is 11.1 Å². The molecule has 3 aromatic rings. The third kappa shape index (κ3) is 3.51. The van der Waals surface area contributed by atoms with Gasteiger partial charge < -0.3 is 9.45 Å². The first-order chi connectivity index (χ1) is 13.1. The fourth-order valence-electron chi connectivity index (χ4n) is 3.13. The number of carbonyl (C=O) groups excluding carboxylic acids is 1. The van der Waals surface area contributed by atoms with Gasteiger partial charge in [0.1, 0.15) is 12.1 Å². The van der Waals surface area contributed by atoms with Crippen LogP contribution in [-0.4, -0.2) is 31.7 Å². The van der Waals surface area contributed by atoms with Crippen molar-refractivity contribution in [3.8, 4) is 0 Å². The Morgan fingerprint density at radius 2 is 2.00 bits per heavy atom. The van der Waals surface area contributed by atoms with Crippen molar-refractivity contribution >= 4 is 28.7 Å². The van der Waals surface area contributed by atoms with E-state index in [1.807, 2.05) is 36.4 Å². The van der Waals surface area contributed by atoms with E-state index in [0.29, 0.717) is 29.5 Å². The number of anilines is 2. The molecule has 0 aliphatic carbocycles. The molecular formula is C20H18N4O2S. The number of hydrogen-bond donors (Lipinski definition) is 0. The summed E-state index contributed by atoms with van der Waals surface area (Å²) in [6, 6.07) is 14.7. The highest BCUT2D eigenvalue weighted by Crippen LogP contribution is 2.34. The normalized spacial score (nSPS) is 14.8. The number of nitrogens with zero attached hydrogens (tertiary/aromatic N) is 4. The number of fused-ring (bicyclic) bond motifs is 1. The largest absolute Gasteiger partial charge is 0.612 e. The zero-order chi connectivity index (χ0) is 18.8. The lowest BCUT2D eigenvalue weighted by molar-refractivity contribution is 0.198. The van der Waals surface area contributed by atoms with Crippen LogP contribution >= 0.6 is 0 Å². The average Bonchev–Trinajstić information content (AvgIpc) is 2.69. The molecule has 1 aliphatic rings. The van der Waals surface area contributed by atoms with Gasteiger partial charge in [0.15, 0.2) is 4.90 Å². The van der Waals surface area contributed by atoms with Crippen molar-refractivity contribution in [2.45, 2.75) is 18.0 Å². The standard InChI is InChI=1S/C20H18N4O2S/c1-27(26)18-8-2-7-17(11-18)24-19-16(6-4-10-22-19)14-23(20(24)25)13-15-5-3-9-21-12-15/h2-12H,13-14H2,1H3. The fourth-order valence-corrected chi connectivity index (χ4v) is 3.69. The summed E-state index contributed by atoms with van der Waals surface area (Å²) in [5, 5.41) is 0. The summed E-state index contributed by atoms with van der Waals surface area (Å²) >= 11 is -1.13. The van der Waals surface area contributed by atoms with E-state index in [4.69, 9.17) is 0 Å². The number of benzene rings is 1. The lowest BCUT2D eigenvalue weighted by atomic mass is 10.1. The molecule has 1 aliphatic heterocycles. The van der Waals surface area contributed by atoms with Crippen LogP contribution in [0.15, 0.2) is 72.0 Å². The van der Waals surface area contributed by atoms with Crippen LogP contribution in [0.2, 0.25) is 0 Å². The summed E-state index contributed by atoms with van der Waals surface area (Å²) < 4.78 is 11.9. The molecule has 0 bridgehead atoms.